The Morgan fingerprint density at radius 3 is 2.40 bits per heavy atom. The molecule has 2 aromatic heterocycles. The van der Waals surface area contributed by atoms with E-state index in [1.807, 2.05) is 13.2 Å². The Bertz CT molecular complexity index is 688. The molecule has 0 fully saturated rings. The second kappa shape index (κ2) is 9.12. The number of aliphatic hydroxyl groups excluding tert-OH is 5. The van der Waals surface area contributed by atoms with Gasteiger partial charge in [-0.2, -0.15) is 0 Å². The van der Waals surface area contributed by atoms with Crippen molar-refractivity contribution in [1.29, 1.82) is 0 Å². The summed E-state index contributed by atoms with van der Waals surface area (Å²) in [4.78, 5) is 12.6. The lowest BCUT2D eigenvalue weighted by molar-refractivity contribution is -0.118. The minimum absolute atomic E-state index is 0.494. The third-order valence-corrected chi connectivity index (χ3v) is 5.57. The number of hydrogen-bond donors (Lipinski definition) is 5. The molecule has 0 spiro atoms. The van der Waals surface area contributed by atoms with Crippen LogP contribution in [-0.2, 0) is 0 Å². The van der Waals surface area contributed by atoms with Crippen LogP contribution in [0, 0.1) is 0 Å². The van der Waals surface area contributed by atoms with Crippen LogP contribution in [0.3, 0.4) is 0 Å². The monoisotopic (exact) mass is 390 g/mol. The number of aliphatic hydroxyl groups is 5. The average Bonchev–Trinajstić information content (AvgIpc) is 3.07. The Balaban J connectivity index is 2.38. The number of hydrogen-bond acceptors (Lipinski definition) is 10. The van der Waals surface area contributed by atoms with E-state index in [0.717, 1.165) is 0 Å². The highest BCUT2D eigenvalue weighted by Crippen LogP contribution is 2.33. The molecule has 0 saturated heterocycles. The van der Waals surface area contributed by atoms with Crippen LogP contribution >= 0.6 is 23.5 Å². The molecule has 0 unspecified atom stereocenters. The highest BCUT2D eigenvalue weighted by Gasteiger charge is 2.36. The van der Waals surface area contributed by atoms with Gasteiger partial charge in [0.15, 0.2) is 5.65 Å². The average molecular weight is 390 g/mol. The van der Waals surface area contributed by atoms with E-state index in [4.69, 9.17) is 5.11 Å². The van der Waals surface area contributed by atoms with Crippen LogP contribution in [0.2, 0.25) is 0 Å². The first-order valence-corrected chi connectivity index (χ1v) is 9.89. The smallest absolute Gasteiger partial charge is 0.165 e. The fourth-order valence-electron chi connectivity index (χ4n) is 2.39. The van der Waals surface area contributed by atoms with Crippen LogP contribution in [0.25, 0.3) is 11.2 Å². The minimum Gasteiger partial charge on any atom is -0.394 e. The Morgan fingerprint density at radius 1 is 1.08 bits per heavy atom. The molecule has 0 bridgehead atoms. The number of nitrogens with zero attached hydrogens (tertiary/aromatic N) is 4. The van der Waals surface area contributed by atoms with Crippen LogP contribution in [0.4, 0.5) is 0 Å². The molecular weight excluding hydrogens is 368 g/mol. The summed E-state index contributed by atoms with van der Waals surface area (Å²) in [7, 11) is 0. The van der Waals surface area contributed by atoms with Crippen molar-refractivity contribution in [1.82, 2.24) is 19.5 Å². The standard InChI is InChI=1S/C14H22N4O5S2/c1-3-25-14(11(23)10(22)9(21)7(20)4-19)18-6-17-8-12(18)15-5-16-13(8)24-2/h5-7,9-11,14,19-23H,3-4H2,1-2H3/t7-,9-,10-,11-,14-/m1/s1. The van der Waals surface area contributed by atoms with Crippen LogP contribution in [0.1, 0.15) is 12.3 Å². The summed E-state index contributed by atoms with van der Waals surface area (Å²) in [6.45, 7) is 1.16. The van der Waals surface area contributed by atoms with E-state index < -0.39 is 36.4 Å². The molecule has 2 heterocycles. The first-order valence-electron chi connectivity index (χ1n) is 7.62. The molecule has 5 atom stereocenters. The molecule has 9 nitrogen and oxygen atoms in total. The van der Waals surface area contributed by atoms with E-state index >= 15 is 0 Å². The van der Waals surface area contributed by atoms with Gasteiger partial charge in [-0.1, -0.05) is 6.92 Å². The van der Waals surface area contributed by atoms with Crippen LogP contribution in [0.15, 0.2) is 17.7 Å². The Hall–Kier alpha value is -0.950. The van der Waals surface area contributed by atoms with Crippen molar-refractivity contribution in [2.45, 2.75) is 41.7 Å². The summed E-state index contributed by atoms with van der Waals surface area (Å²) in [5, 5.41) is 49.1. The maximum absolute atomic E-state index is 10.6. The minimum atomic E-state index is -1.69. The van der Waals surface area contributed by atoms with Crippen LogP contribution < -0.4 is 0 Å². The molecule has 2 aromatic rings. The lowest BCUT2D eigenvalue weighted by atomic mass is 10.0. The van der Waals surface area contributed by atoms with E-state index in [2.05, 4.69) is 15.0 Å². The van der Waals surface area contributed by atoms with E-state index in [1.165, 1.54) is 36.2 Å². The van der Waals surface area contributed by atoms with Crippen molar-refractivity contribution in [3.8, 4) is 0 Å². The first kappa shape index (κ1) is 20.4. The Kier molecular flexibility index (Phi) is 7.43. The molecule has 0 aliphatic heterocycles. The normalized spacial score (nSPS) is 18.0. The van der Waals surface area contributed by atoms with Crippen LogP contribution in [-0.4, -0.2) is 88.1 Å². The molecule has 0 aliphatic carbocycles. The maximum atomic E-state index is 10.6. The molecule has 25 heavy (non-hydrogen) atoms. The second-order valence-corrected chi connectivity index (χ2v) is 7.46. The maximum Gasteiger partial charge on any atom is 0.165 e. The highest BCUT2D eigenvalue weighted by molar-refractivity contribution is 7.99. The van der Waals surface area contributed by atoms with Gasteiger partial charge in [-0.3, -0.25) is 4.57 Å². The molecule has 2 rings (SSSR count). The summed E-state index contributed by atoms with van der Waals surface area (Å²) in [6.07, 6.45) is -1.57. The molecule has 5 N–H and O–H groups in total. The number of rotatable bonds is 9. The van der Waals surface area contributed by atoms with E-state index in [1.54, 1.807) is 4.57 Å². The zero-order valence-corrected chi connectivity index (χ0v) is 15.4. The Labute approximate surface area is 153 Å². The zero-order chi connectivity index (χ0) is 18.6. The van der Waals surface area contributed by atoms with Gasteiger partial charge < -0.3 is 25.5 Å². The van der Waals surface area contributed by atoms with Crippen molar-refractivity contribution in [3.63, 3.8) is 0 Å². The summed E-state index contributed by atoms with van der Waals surface area (Å²) in [5.74, 6) is 0.618. The Morgan fingerprint density at radius 2 is 1.80 bits per heavy atom. The fourth-order valence-corrected chi connectivity index (χ4v) is 3.89. The summed E-state index contributed by atoms with van der Waals surface area (Å²) in [5.41, 5.74) is 1.07. The van der Waals surface area contributed by atoms with Gasteiger partial charge in [0.2, 0.25) is 0 Å². The topological polar surface area (TPSA) is 145 Å². The van der Waals surface area contributed by atoms with Crippen molar-refractivity contribution >= 4 is 34.7 Å². The molecular formula is C14H22N4O5S2. The molecule has 0 aliphatic rings. The third-order valence-electron chi connectivity index (χ3n) is 3.70. The van der Waals surface area contributed by atoms with E-state index in [-0.39, 0.29) is 0 Å². The molecule has 0 radical (unpaired) electrons. The lowest BCUT2D eigenvalue weighted by Gasteiger charge is -2.31. The van der Waals surface area contributed by atoms with Gasteiger partial charge in [-0.25, -0.2) is 15.0 Å². The van der Waals surface area contributed by atoms with E-state index in [0.29, 0.717) is 21.9 Å². The third kappa shape index (κ3) is 4.25. The SMILES string of the molecule is CCS[C@H]([C@H](O)[C@H](O)[C@H](O)[C@H](O)CO)n1cnc2c(SC)ncnc21. The van der Waals surface area contributed by atoms with Crippen molar-refractivity contribution in [2.24, 2.45) is 0 Å². The largest absolute Gasteiger partial charge is 0.394 e. The van der Waals surface area contributed by atoms with Crippen molar-refractivity contribution < 1.29 is 25.5 Å². The van der Waals surface area contributed by atoms with Crippen LogP contribution in [0.5, 0.6) is 0 Å². The molecule has 0 aromatic carbocycles. The predicted molar refractivity (Wildman–Crippen MR) is 95.4 cm³/mol. The first-order chi connectivity index (χ1) is 12.0. The summed E-state index contributed by atoms with van der Waals surface area (Å²) in [6, 6.07) is 0. The second-order valence-electron chi connectivity index (χ2n) is 5.27. The summed E-state index contributed by atoms with van der Waals surface area (Å²) >= 11 is 2.74. The zero-order valence-electron chi connectivity index (χ0n) is 13.8. The van der Waals surface area contributed by atoms with Gasteiger partial charge in [-0.15, -0.1) is 23.5 Å². The molecule has 11 heteroatoms. The van der Waals surface area contributed by atoms with Crippen molar-refractivity contribution in [3.05, 3.63) is 12.7 Å². The number of thioether (sulfide) groups is 2. The molecule has 140 valence electrons. The number of aromatic nitrogens is 4. The summed E-state index contributed by atoms with van der Waals surface area (Å²) < 4.78 is 1.61. The lowest BCUT2D eigenvalue weighted by Crippen LogP contribution is -2.48. The quantitative estimate of drug-likeness (QED) is 0.273. The van der Waals surface area contributed by atoms with Gasteiger partial charge in [0.25, 0.3) is 0 Å². The number of imidazole rings is 1. The van der Waals surface area contributed by atoms with E-state index in [9.17, 15) is 20.4 Å². The van der Waals surface area contributed by atoms with Crippen molar-refractivity contribution in [2.75, 3.05) is 18.6 Å². The predicted octanol–water partition coefficient (Wildman–Crippen LogP) is -0.764. The number of fused-ring (bicyclic) bond motifs is 1. The fraction of sp³-hybridized carbons (Fsp3) is 0.643. The van der Waals surface area contributed by atoms with Gasteiger partial charge in [0.05, 0.1) is 12.9 Å². The van der Waals surface area contributed by atoms with Gasteiger partial charge in [-0.05, 0) is 12.0 Å². The molecule has 0 amide bonds. The highest BCUT2D eigenvalue weighted by atomic mass is 32.2. The van der Waals surface area contributed by atoms with Gasteiger partial charge in [0.1, 0.15) is 46.7 Å². The van der Waals surface area contributed by atoms with Gasteiger partial charge in [0, 0.05) is 0 Å². The van der Waals surface area contributed by atoms with Gasteiger partial charge >= 0.3 is 0 Å². The molecule has 0 saturated carbocycles.